The number of carbonyl (C=O) groups excluding carboxylic acids is 1. The first kappa shape index (κ1) is 23.5. The van der Waals surface area contributed by atoms with E-state index in [4.69, 9.17) is 16.6 Å². The number of hydrogen-bond donors (Lipinski definition) is 1. The average Bonchev–Trinajstić information content (AvgIpc) is 2.87. The van der Waals surface area contributed by atoms with Crippen LogP contribution in [0.3, 0.4) is 0 Å². The van der Waals surface area contributed by atoms with Crippen LogP contribution in [0.1, 0.15) is 37.7 Å². The van der Waals surface area contributed by atoms with E-state index in [9.17, 15) is 9.59 Å². The Morgan fingerprint density at radius 1 is 1.00 bits per heavy atom. The van der Waals surface area contributed by atoms with Crippen LogP contribution in [0.5, 0.6) is 0 Å². The molecule has 0 spiro atoms. The molecule has 7 heteroatoms. The van der Waals surface area contributed by atoms with E-state index in [0.717, 1.165) is 5.56 Å². The number of carbonyl (C=O) groups is 1. The predicted molar refractivity (Wildman–Crippen MR) is 136 cm³/mol. The normalized spacial score (nSPS) is 11.9. The first-order chi connectivity index (χ1) is 16.5. The minimum absolute atomic E-state index is 0.179. The monoisotopic (exact) mass is 474 g/mol. The highest BCUT2D eigenvalue weighted by Gasteiger charge is 2.28. The lowest BCUT2D eigenvalue weighted by Gasteiger charge is -2.31. The van der Waals surface area contributed by atoms with Gasteiger partial charge in [0.05, 0.1) is 22.6 Å². The standard InChI is InChI=1S/C27H27ClN4O2/c1-3-24(31(4-2)27(34)29-18-19-10-6-5-7-11-19)25-30-23-13-9-8-12-22(23)26(33)32(25)21-16-14-20(28)15-17-21/h5-17,24H,3-4,18H2,1-2H3,(H,29,34). The lowest BCUT2D eigenvalue weighted by atomic mass is 10.1. The number of urea groups is 1. The zero-order chi connectivity index (χ0) is 24.1. The van der Waals surface area contributed by atoms with Crippen LogP contribution in [-0.2, 0) is 6.54 Å². The van der Waals surface area contributed by atoms with Gasteiger partial charge in [-0.2, -0.15) is 0 Å². The van der Waals surface area contributed by atoms with E-state index in [0.29, 0.717) is 46.9 Å². The van der Waals surface area contributed by atoms with E-state index in [1.165, 1.54) is 0 Å². The van der Waals surface area contributed by atoms with Gasteiger partial charge in [0.15, 0.2) is 0 Å². The molecule has 0 radical (unpaired) electrons. The Balaban J connectivity index is 1.78. The highest BCUT2D eigenvalue weighted by Crippen LogP contribution is 2.26. The van der Waals surface area contributed by atoms with Crippen molar-refractivity contribution in [3.05, 3.63) is 106 Å². The van der Waals surface area contributed by atoms with Crippen molar-refractivity contribution in [1.29, 1.82) is 0 Å². The first-order valence-corrected chi connectivity index (χ1v) is 11.8. The van der Waals surface area contributed by atoms with Gasteiger partial charge in [0.2, 0.25) is 0 Å². The predicted octanol–water partition coefficient (Wildman–Crippen LogP) is 5.72. The molecule has 174 valence electrons. The average molecular weight is 475 g/mol. The molecule has 0 fully saturated rings. The maximum absolute atomic E-state index is 13.6. The van der Waals surface area contributed by atoms with Crippen LogP contribution in [0.15, 0.2) is 83.7 Å². The molecular weight excluding hydrogens is 448 g/mol. The molecule has 0 saturated heterocycles. The molecule has 0 saturated carbocycles. The third-order valence-corrected chi connectivity index (χ3v) is 6.09. The molecule has 1 N–H and O–H groups in total. The summed E-state index contributed by atoms with van der Waals surface area (Å²) in [6, 6.07) is 23.5. The summed E-state index contributed by atoms with van der Waals surface area (Å²) >= 11 is 6.10. The van der Waals surface area contributed by atoms with E-state index in [-0.39, 0.29) is 11.6 Å². The number of aromatic nitrogens is 2. The highest BCUT2D eigenvalue weighted by molar-refractivity contribution is 6.30. The van der Waals surface area contributed by atoms with Crippen molar-refractivity contribution >= 4 is 28.5 Å². The molecular formula is C27H27ClN4O2. The Morgan fingerprint density at radius 2 is 1.68 bits per heavy atom. The summed E-state index contributed by atoms with van der Waals surface area (Å²) in [6.45, 7) is 4.80. The van der Waals surface area contributed by atoms with E-state index < -0.39 is 6.04 Å². The summed E-state index contributed by atoms with van der Waals surface area (Å²) in [6.07, 6.45) is 0.588. The van der Waals surface area contributed by atoms with Gasteiger partial charge in [-0.15, -0.1) is 0 Å². The molecule has 34 heavy (non-hydrogen) atoms. The summed E-state index contributed by atoms with van der Waals surface area (Å²) in [5.41, 5.74) is 2.10. The number of amides is 2. The fourth-order valence-corrected chi connectivity index (χ4v) is 4.26. The van der Waals surface area contributed by atoms with Gasteiger partial charge in [-0.05, 0) is 55.3 Å². The molecule has 6 nitrogen and oxygen atoms in total. The molecule has 1 unspecified atom stereocenters. The molecule has 2 amide bonds. The van der Waals surface area contributed by atoms with Crippen molar-refractivity contribution in [2.45, 2.75) is 32.9 Å². The lowest BCUT2D eigenvalue weighted by Crippen LogP contribution is -2.43. The third kappa shape index (κ3) is 4.82. The molecule has 0 aliphatic rings. The molecule has 0 aliphatic carbocycles. The minimum Gasteiger partial charge on any atom is -0.334 e. The SMILES string of the molecule is CCC(c1nc2ccccc2c(=O)n1-c1ccc(Cl)cc1)N(CC)C(=O)NCc1ccccc1. The maximum atomic E-state index is 13.6. The van der Waals surface area contributed by atoms with Crippen molar-refractivity contribution in [2.24, 2.45) is 0 Å². The van der Waals surface area contributed by atoms with Crippen LogP contribution < -0.4 is 10.9 Å². The fraction of sp³-hybridized carbons (Fsp3) is 0.222. The Kier molecular flexibility index (Phi) is 7.28. The number of rotatable bonds is 7. The molecule has 1 atom stereocenters. The third-order valence-electron chi connectivity index (χ3n) is 5.84. The van der Waals surface area contributed by atoms with Crippen molar-refractivity contribution in [1.82, 2.24) is 19.8 Å². The van der Waals surface area contributed by atoms with Gasteiger partial charge in [0.1, 0.15) is 5.82 Å². The van der Waals surface area contributed by atoms with Gasteiger partial charge in [0.25, 0.3) is 5.56 Å². The van der Waals surface area contributed by atoms with Crippen molar-refractivity contribution in [3.8, 4) is 5.69 Å². The first-order valence-electron chi connectivity index (χ1n) is 11.4. The molecule has 0 aliphatic heterocycles. The van der Waals surface area contributed by atoms with E-state index >= 15 is 0 Å². The van der Waals surface area contributed by atoms with Crippen LogP contribution >= 0.6 is 11.6 Å². The van der Waals surface area contributed by atoms with Gasteiger partial charge in [-0.25, -0.2) is 9.78 Å². The van der Waals surface area contributed by atoms with Gasteiger partial charge < -0.3 is 10.2 Å². The van der Waals surface area contributed by atoms with Crippen LogP contribution in [0.2, 0.25) is 5.02 Å². The molecule has 3 aromatic carbocycles. The molecule has 4 aromatic rings. The summed E-state index contributed by atoms with van der Waals surface area (Å²) in [7, 11) is 0. The van der Waals surface area contributed by atoms with Crippen molar-refractivity contribution < 1.29 is 4.79 Å². The minimum atomic E-state index is -0.409. The Bertz CT molecular complexity index is 1340. The second-order valence-corrected chi connectivity index (χ2v) is 8.39. The molecule has 1 heterocycles. The number of para-hydroxylation sites is 1. The largest absolute Gasteiger partial charge is 0.334 e. The van der Waals surface area contributed by atoms with Crippen molar-refractivity contribution in [3.63, 3.8) is 0 Å². The van der Waals surface area contributed by atoms with E-state index in [1.54, 1.807) is 39.8 Å². The second kappa shape index (κ2) is 10.5. The number of benzene rings is 3. The summed E-state index contributed by atoms with van der Waals surface area (Å²) in [5, 5.41) is 4.11. The Hall–Kier alpha value is -3.64. The van der Waals surface area contributed by atoms with Gasteiger partial charge >= 0.3 is 6.03 Å². The fourth-order valence-electron chi connectivity index (χ4n) is 4.14. The Morgan fingerprint density at radius 3 is 2.35 bits per heavy atom. The zero-order valence-electron chi connectivity index (χ0n) is 19.2. The van der Waals surface area contributed by atoms with Gasteiger partial charge in [0, 0.05) is 18.1 Å². The topological polar surface area (TPSA) is 67.2 Å². The van der Waals surface area contributed by atoms with E-state index in [1.807, 2.05) is 62.4 Å². The molecule has 1 aromatic heterocycles. The summed E-state index contributed by atoms with van der Waals surface area (Å²) in [4.78, 5) is 33.5. The molecule has 4 rings (SSSR count). The van der Waals surface area contributed by atoms with Crippen LogP contribution in [-0.4, -0.2) is 27.0 Å². The van der Waals surface area contributed by atoms with E-state index in [2.05, 4.69) is 5.32 Å². The maximum Gasteiger partial charge on any atom is 0.318 e. The Labute approximate surface area is 203 Å². The zero-order valence-corrected chi connectivity index (χ0v) is 20.0. The number of halogens is 1. The summed E-state index contributed by atoms with van der Waals surface area (Å²) in [5.74, 6) is 0.519. The smallest absolute Gasteiger partial charge is 0.318 e. The highest BCUT2D eigenvalue weighted by atomic mass is 35.5. The quantitative estimate of drug-likeness (QED) is 0.372. The summed E-state index contributed by atoms with van der Waals surface area (Å²) < 4.78 is 1.60. The number of nitrogens with one attached hydrogen (secondary N) is 1. The van der Waals surface area contributed by atoms with Crippen LogP contribution in [0, 0.1) is 0 Å². The number of hydrogen-bond acceptors (Lipinski definition) is 3. The van der Waals surface area contributed by atoms with Gasteiger partial charge in [-0.1, -0.05) is 61.0 Å². The van der Waals surface area contributed by atoms with Crippen LogP contribution in [0.4, 0.5) is 4.79 Å². The van der Waals surface area contributed by atoms with Crippen LogP contribution in [0.25, 0.3) is 16.6 Å². The number of fused-ring (bicyclic) bond motifs is 1. The second-order valence-electron chi connectivity index (χ2n) is 7.96. The molecule has 0 bridgehead atoms. The number of nitrogens with zero attached hydrogens (tertiary/aromatic N) is 3. The van der Waals surface area contributed by atoms with Gasteiger partial charge in [-0.3, -0.25) is 9.36 Å². The lowest BCUT2D eigenvalue weighted by molar-refractivity contribution is 0.171. The van der Waals surface area contributed by atoms with Crippen molar-refractivity contribution in [2.75, 3.05) is 6.54 Å².